The van der Waals surface area contributed by atoms with Gasteiger partial charge in [0.15, 0.2) is 0 Å². The number of urea groups is 1. The zero-order chi connectivity index (χ0) is 20.1. The van der Waals surface area contributed by atoms with Gasteiger partial charge >= 0.3 is 12.0 Å². The lowest BCUT2D eigenvalue weighted by molar-refractivity contribution is -0.138. The van der Waals surface area contributed by atoms with Crippen LogP contribution in [0.25, 0.3) is 0 Å². The molecular formula is C20H26FN3O4. The summed E-state index contributed by atoms with van der Waals surface area (Å²) in [5, 5.41) is 12.1. The molecule has 2 heterocycles. The average Bonchev–Trinajstić information content (AvgIpc) is 3.23. The van der Waals surface area contributed by atoms with E-state index >= 15 is 0 Å². The number of aliphatic carboxylic acids is 1. The molecule has 0 spiro atoms. The van der Waals surface area contributed by atoms with E-state index in [1.165, 1.54) is 24.3 Å². The van der Waals surface area contributed by atoms with Gasteiger partial charge in [0.1, 0.15) is 5.82 Å². The van der Waals surface area contributed by atoms with Gasteiger partial charge in [-0.05, 0) is 43.4 Å². The van der Waals surface area contributed by atoms with Crippen LogP contribution in [-0.2, 0) is 9.59 Å². The van der Waals surface area contributed by atoms with Crippen LogP contribution >= 0.6 is 0 Å². The monoisotopic (exact) mass is 391 g/mol. The van der Waals surface area contributed by atoms with Gasteiger partial charge in [-0.15, -0.1) is 0 Å². The summed E-state index contributed by atoms with van der Waals surface area (Å²) in [5.41, 5.74) is 0.445. The molecule has 0 aliphatic carbocycles. The van der Waals surface area contributed by atoms with Crippen LogP contribution in [0.1, 0.15) is 37.2 Å². The Morgan fingerprint density at radius 2 is 1.61 bits per heavy atom. The van der Waals surface area contributed by atoms with Crippen molar-refractivity contribution in [3.05, 3.63) is 35.6 Å². The molecule has 0 aromatic heterocycles. The van der Waals surface area contributed by atoms with Crippen LogP contribution in [0.2, 0.25) is 0 Å². The van der Waals surface area contributed by atoms with Crippen LogP contribution in [0.4, 0.5) is 9.18 Å². The number of hydrogen-bond acceptors (Lipinski definition) is 3. The average molecular weight is 391 g/mol. The summed E-state index contributed by atoms with van der Waals surface area (Å²) in [7, 11) is 0. The summed E-state index contributed by atoms with van der Waals surface area (Å²) in [4.78, 5) is 40.1. The van der Waals surface area contributed by atoms with Crippen LogP contribution < -0.4 is 5.32 Å². The molecule has 28 heavy (non-hydrogen) atoms. The number of amides is 3. The Labute approximate surface area is 163 Å². The third-order valence-corrected chi connectivity index (χ3v) is 5.56. The number of rotatable bonds is 5. The number of benzene rings is 1. The maximum atomic E-state index is 13.0. The van der Waals surface area contributed by atoms with Crippen molar-refractivity contribution in [1.82, 2.24) is 15.1 Å². The molecule has 2 saturated heterocycles. The van der Waals surface area contributed by atoms with Gasteiger partial charge < -0.3 is 20.2 Å². The molecule has 1 aromatic carbocycles. The molecule has 3 amide bonds. The predicted octanol–water partition coefficient (Wildman–Crippen LogP) is 2.04. The first-order valence-electron chi connectivity index (χ1n) is 9.75. The lowest BCUT2D eigenvalue weighted by Gasteiger charge is -2.34. The summed E-state index contributed by atoms with van der Waals surface area (Å²) in [6.45, 7) is 2.63. The Bertz CT molecular complexity index is 711. The van der Waals surface area contributed by atoms with E-state index in [1.807, 2.05) is 4.90 Å². The third kappa shape index (κ3) is 4.79. The van der Waals surface area contributed by atoms with Crippen molar-refractivity contribution >= 4 is 17.9 Å². The summed E-state index contributed by atoms with van der Waals surface area (Å²) in [5.74, 6) is -2.86. The molecule has 1 atom stereocenters. The second kappa shape index (κ2) is 9.03. The fraction of sp³-hybridized carbons (Fsp3) is 0.550. The summed E-state index contributed by atoms with van der Waals surface area (Å²) >= 11 is 0. The van der Waals surface area contributed by atoms with E-state index in [9.17, 15) is 23.9 Å². The van der Waals surface area contributed by atoms with E-state index in [0.717, 1.165) is 25.9 Å². The van der Waals surface area contributed by atoms with Gasteiger partial charge in [-0.3, -0.25) is 9.59 Å². The number of hydrogen-bond donors (Lipinski definition) is 2. The van der Waals surface area contributed by atoms with Gasteiger partial charge in [0, 0.05) is 38.6 Å². The first-order chi connectivity index (χ1) is 13.5. The van der Waals surface area contributed by atoms with Crippen LogP contribution in [0.15, 0.2) is 24.3 Å². The van der Waals surface area contributed by atoms with Crippen molar-refractivity contribution in [3.8, 4) is 0 Å². The number of nitrogens with zero attached hydrogens (tertiary/aromatic N) is 2. The molecule has 152 valence electrons. The van der Waals surface area contributed by atoms with E-state index in [-0.39, 0.29) is 24.4 Å². The van der Waals surface area contributed by atoms with Crippen LogP contribution in [0, 0.1) is 11.7 Å². The molecule has 8 heteroatoms. The minimum atomic E-state index is -1.07. The SMILES string of the molecule is O=C(NCC(C(=O)O)c1ccc(F)cc1)C1CCN(C(=O)N2CCCC2)CC1. The number of carbonyl (C=O) groups is 3. The van der Waals surface area contributed by atoms with Crippen molar-refractivity contribution in [2.24, 2.45) is 5.92 Å². The highest BCUT2D eigenvalue weighted by Crippen LogP contribution is 2.21. The minimum absolute atomic E-state index is 0.0489. The second-order valence-electron chi connectivity index (χ2n) is 7.43. The highest BCUT2D eigenvalue weighted by Gasteiger charge is 2.31. The van der Waals surface area contributed by atoms with Crippen molar-refractivity contribution in [1.29, 1.82) is 0 Å². The number of carbonyl (C=O) groups excluding carboxylic acids is 2. The van der Waals surface area contributed by atoms with E-state index in [2.05, 4.69) is 5.32 Å². The molecule has 2 fully saturated rings. The second-order valence-corrected chi connectivity index (χ2v) is 7.43. The number of nitrogens with one attached hydrogen (secondary N) is 1. The molecule has 0 saturated carbocycles. The first kappa shape index (κ1) is 20.1. The highest BCUT2D eigenvalue weighted by molar-refractivity contribution is 5.82. The number of carboxylic acid groups (broad SMARTS) is 1. The molecule has 0 bridgehead atoms. The summed E-state index contributed by atoms with van der Waals surface area (Å²) in [6, 6.07) is 5.31. The Balaban J connectivity index is 1.48. The van der Waals surface area contributed by atoms with Gasteiger partial charge in [-0.2, -0.15) is 0 Å². The Morgan fingerprint density at radius 3 is 2.18 bits per heavy atom. The van der Waals surface area contributed by atoms with Crippen LogP contribution in [-0.4, -0.2) is 65.5 Å². The van der Waals surface area contributed by atoms with E-state index in [0.29, 0.717) is 31.5 Å². The molecule has 2 aliphatic heterocycles. The van der Waals surface area contributed by atoms with Gasteiger partial charge in [-0.1, -0.05) is 12.1 Å². The van der Waals surface area contributed by atoms with Gasteiger partial charge in [-0.25, -0.2) is 9.18 Å². The fourth-order valence-electron chi connectivity index (χ4n) is 3.83. The fourth-order valence-corrected chi connectivity index (χ4v) is 3.83. The number of piperidine rings is 1. The van der Waals surface area contributed by atoms with Crippen molar-refractivity contribution < 1.29 is 23.9 Å². The summed E-state index contributed by atoms with van der Waals surface area (Å²) in [6.07, 6.45) is 3.23. The number of likely N-dealkylation sites (tertiary alicyclic amines) is 2. The quantitative estimate of drug-likeness (QED) is 0.804. The molecule has 0 radical (unpaired) electrons. The van der Waals surface area contributed by atoms with E-state index in [4.69, 9.17) is 0 Å². The smallest absolute Gasteiger partial charge is 0.319 e. The van der Waals surface area contributed by atoms with Gasteiger partial charge in [0.05, 0.1) is 5.92 Å². The van der Waals surface area contributed by atoms with E-state index < -0.39 is 17.7 Å². The van der Waals surface area contributed by atoms with Gasteiger partial charge in [0.2, 0.25) is 5.91 Å². The topological polar surface area (TPSA) is 90.0 Å². The normalized spacial score (nSPS) is 18.8. The highest BCUT2D eigenvalue weighted by atomic mass is 19.1. The zero-order valence-corrected chi connectivity index (χ0v) is 15.8. The standard InChI is InChI=1S/C20H26FN3O4/c21-16-5-3-14(4-6-16)17(19(26)27)13-22-18(25)15-7-11-24(12-8-15)20(28)23-9-1-2-10-23/h3-6,15,17H,1-2,7-13H2,(H,22,25)(H,26,27). The Morgan fingerprint density at radius 1 is 1.04 bits per heavy atom. The predicted molar refractivity (Wildman–Crippen MR) is 100 cm³/mol. The molecule has 2 N–H and O–H groups in total. The molecule has 7 nitrogen and oxygen atoms in total. The lowest BCUT2D eigenvalue weighted by Crippen LogP contribution is -2.48. The van der Waals surface area contributed by atoms with Crippen molar-refractivity contribution in [2.45, 2.75) is 31.6 Å². The summed E-state index contributed by atoms with van der Waals surface area (Å²) < 4.78 is 13.0. The maximum absolute atomic E-state index is 13.0. The molecular weight excluding hydrogens is 365 g/mol. The third-order valence-electron chi connectivity index (χ3n) is 5.56. The minimum Gasteiger partial charge on any atom is -0.481 e. The number of halogens is 1. The van der Waals surface area contributed by atoms with Gasteiger partial charge in [0.25, 0.3) is 0 Å². The van der Waals surface area contributed by atoms with Crippen LogP contribution in [0.5, 0.6) is 0 Å². The van der Waals surface area contributed by atoms with Crippen molar-refractivity contribution in [2.75, 3.05) is 32.7 Å². The Hall–Kier alpha value is -2.64. The Kier molecular flexibility index (Phi) is 6.49. The molecule has 1 aromatic rings. The molecule has 3 rings (SSSR count). The van der Waals surface area contributed by atoms with E-state index in [1.54, 1.807) is 4.90 Å². The lowest BCUT2D eigenvalue weighted by atomic mass is 9.95. The molecule has 2 aliphatic rings. The first-order valence-corrected chi connectivity index (χ1v) is 9.75. The molecule has 1 unspecified atom stereocenters. The number of carboxylic acids is 1. The van der Waals surface area contributed by atoms with Crippen molar-refractivity contribution in [3.63, 3.8) is 0 Å². The largest absolute Gasteiger partial charge is 0.481 e. The maximum Gasteiger partial charge on any atom is 0.319 e. The zero-order valence-electron chi connectivity index (χ0n) is 15.8. The van der Waals surface area contributed by atoms with Crippen LogP contribution in [0.3, 0.4) is 0 Å².